The summed E-state index contributed by atoms with van der Waals surface area (Å²) in [5.74, 6) is -0.920. The Kier molecular flexibility index (Phi) is 13.1. The molecule has 0 aromatic carbocycles. The highest BCUT2D eigenvalue weighted by molar-refractivity contribution is 5.63. The number of carboxylic acid groups (broad SMARTS) is 1. The second-order valence-corrected chi connectivity index (χ2v) is 5.27. The molecule has 0 unspecified atom stereocenters. The third-order valence-corrected chi connectivity index (χ3v) is 2.26. The lowest BCUT2D eigenvalue weighted by Crippen LogP contribution is -2.36. The molecule has 17 heavy (non-hydrogen) atoms. The van der Waals surface area contributed by atoms with Gasteiger partial charge in [0, 0.05) is 5.97 Å². The van der Waals surface area contributed by atoms with E-state index in [-0.39, 0.29) is 13.0 Å². The molecule has 0 aromatic heterocycles. The van der Waals surface area contributed by atoms with Crippen molar-refractivity contribution in [3.05, 3.63) is 0 Å². The fourth-order valence-electron chi connectivity index (χ4n) is 1.17. The van der Waals surface area contributed by atoms with Crippen LogP contribution in [0.2, 0.25) is 0 Å². The highest BCUT2D eigenvalue weighted by Crippen LogP contribution is 2.03. The molecule has 1 N–H and O–H groups in total. The number of carboxylic acids is 1. The third-order valence-electron chi connectivity index (χ3n) is 2.26. The summed E-state index contributed by atoms with van der Waals surface area (Å²) in [7, 11) is 6.16. The fourth-order valence-corrected chi connectivity index (χ4v) is 1.17. The Morgan fingerprint density at radius 1 is 1.12 bits per heavy atom. The smallest absolute Gasteiger partial charge is 0.101 e. The molecule has 0 saturated carbocycles. The van der Waals surface area contributed by atoms with Crippen molar-refractivity contribution in [2.45, 2.75) is 45.4 Å². The summed E-state index contributed by atoms with van der Waals surface area (Å²) < 4.78 is 0.844. The number of aliphatic hydroxyl groups excluding tert-OH is 1. The first-order chi connectivity index (χ1) is 7.83. The lowest BCUT2D eigenvalue weighted by Gasteiger charge is -2.21. The average Bonchev–Trinajstić information content (AvgIpc) is 2.16. The van der Waals surface area contributed by atoms with Crippen molar-refractivity contribution in [2.75, 3.05) is 34.3 Å². The SMILES string of the molecule is CCCCCCCC(=O)[O-].C[N+](C)(C)CCO. The number of hydrogen-bond donors (Lipinski definition) is 1. The van der Waals surface area contributed by atoms with Crippen LogP contribution in [0.5, 0.6) is 0 Å². The summed E-state index contributed by atoms with van der Waals surface area (Å²) in [6.45, 7) is 3.25. The Bertz CT molecular complexity index is 176. The Labute approximate surface area is 106 Å². The van der Waals surface area contributed by atoms with Gasteiger partial charge in [0.2, 0.25) is 0 Å². The van der Waals surface area contributed by atoms with Gasteiger partial charge in [0.1, 0.15) is 6.54 Å². The average molecular weight is 247 g/mol. The van der Waals surface area contributed by atoms with Crippen molar-refractivity contribution in [1.82, 2.24) is 0 Å². The van der Waals surface area contributed by atoms with E-state index in [1.165, 1.54) is 12.8 Å². The molecule has 0 amide bonds. The van der Waals surface area contributed by atoms with Gasteiger partial charge < -0.3 is 19.5 Å². The van der Waals surface area contributed by atoms with E-state index in [4.69, 9.17) is 5.11 Å². The van der Waals surface area contributed by atoms with Crippen molar-refractivity contribution in [2.24, 2.45) is 0 Å². The molecule has 0 saturated heterocycles. The summed E-state index contributed by atoms with van der Waals surface area (Å²) in [5.41, 5.74) is 0. The van der Waals surface area contributed by atoms with Gasteiger partial charge in [-0.15, -0.1) is 0 Å². The van der Waals surface area contributed by atoms with Gasteiger partial charge in [-0.3, -0.25) is 0 Å². The molecular formula is C13H29NO3. The van der Waals surface area contributed by atoms with Crippen LogP contribution in [0.25, 0.3) is 0 Å². The number of likely N-dealkylation sites (N-methyl/N-ethyl adjacent to an activating group) is 1. The van der Waals surface area contributed by atoms with Crippen molar-refractivity contribution in [3.8, 4) is 0 Å². The minimum Gasteiger partial charge on any atom is -0.550 e. The van der Waals surface area contributed by atoms with Gasteiger partial charge in [-0.05, 0) is 12.8 Å². The van der Waals surface area contributed by atoms with E-state index in [9.17, 15) is 9.90 Å². The van der Waals surface area contributed by atoms with Gasteiger partial charge in [-0.2, -0.15) is 0 Å². The molecule has 0 heterocycles. The number of carbonyl (C=O) groups excluding carboxylic acids is 1. The second-order valence-electron chi connectivity index (χ2n) is 5.27. The van der Waals surface area contributed by atoms with E-state index in [2.05, 4.69) is 28.1 Å². The van der Waals surface area contributed by atoms with Crippen LogP contribution in [-0.2, 0) is 4.79 Å². The van der Waals surface area contributed by atoms with Crippen LogP contribution in [0.1, 0.15) is 45.4 Å². The van der Waals surface area contributed by atoms with Crippen LogP contribution in [0.3, 0.4) is 0 Å². The molecule has 0 spiro atoms. The van der Waals surface area contributed by atoms with Crippen LogP contribution in [-0.4, -0.2) is 49.9 Å². The van der Waals surface area contributed by atoms with E-state index >= 15 is 0 Å². The fraction of sp³-hybridized carbons (Fsp3) is 0.923. The van der Waals surface area contributed by atoms with E-state index in [1.54, 1.807) is 0 Å². The molecule has 0 bridgehead atoms. The van der Waals surface area contributed by atoms with E-state index < -0.39 is 5.97 Å². The molecule has 0 aliphatic heterocycles. The van der Waals surface area contributed by atoms with Gasteiger partial charge in [0.25, 0.3) is 0 Å². The van der Waals surface area contributed by atoms with Crippen molar-refractivity contribution >= 4 is 5.97 Å². The normalized spacial score (nSPS) is 10.6. The lowest BCUT2D eigenvalue weighted by molar-refractivity contribution is -0.870. The van der Waals surface area contributed by atoms with Crippen molar-refractivity contribution in [1.29, 1.82) is 0 Å². The summed E-state index contributed by atoms with van der Waals surface area (Å²) in [6, 6.07) is 0. The van der Waals surface area contributed by atoms with E-state index in [0.717, 1.165) is 30.3 Å². The van der Waals surface area contributed by atoms with Crippen LogP contribution in [0.4, 0.5) is 0 Å². The number of hydrogen-bond acceptors (Lipinski definition) is 3. The molecule has 0 fully saturated rings. The molecular weight excluding hydrogens is 218 g/mol. The van der Waals surface area contributed by atoms with Gasteiger partial charge >= 0.3 is 0 Å². The zero-order chi connectivity index (χ0) is 13.7. The van der Waals surface area contributed by atoms with Crippen LogP contribution in [0.15, 0.2) is 0 Å². The molecule has 0 radical (unpaired) electrons. The maximum absolute atomic E-state index is 9.92. The van der Waals surface area contributed by atoms with Crippen molar-refractivity contribution in [3.63, 3.8) is 0 Å². The first kappa shape index (κ1) is 18.7. The summed E-state index contributed by atoms with van der Waals surface area (Å²) in [5, 5.41) is 18.3. The monoisotopic (exact) mass is 247 g/mol. The Morgan fingerprint density at radius 2 is 1.65 bits per heavy atom. The van der Waals surface area contributed by atoms with Crippen molar-refractivity contribution < 1.29 is 19.5 Å². The zero-order valence-electron chi connectivity index (χ0n) is 11.9. The van der Waals surface area contributed by atoms with Crippen LogP contribution >= 0.6 is 0 Å². The Hall–Kier alpha value is -0.610. The number of aliphatic carboxylic acids is 1. The maximum Gasteiger partial charge on any atom is 0.101 e. The third kappa shape index (κ3) is 25.6. The largest absolute Gasteiger partial charge is 0.550 e. The number of nitrogens with zero attached hydrogens (tertiary/aromatic N) is 1. The molecule has 0 aromatic rings. The summed E-state index contributed by atoms with van der Waals surface area (Å²) >= 11 is 0. The van der Waals surface area contributed by atoms with E-state index in [0.29, 0.717) is 0 Å². The Balaban J connectivity index is 0. The molecule has 0 atom stereocenters. The predicted octanol–water partition coefficient (Wildman–Crippen LogP) is 0.782. The molecule has 0 rings (SSSR count). The Morgan fingerprint density at radius 3 is 1.94 bits per heavy atom. The first-order valence-corrected chi connectivity index (χ1v) is 6.44. The summed E-state index contributed by atoms with van der Waals surface area (Å²) in [4.78, 5) is 9.92. The van der Waals surface area contributed by atoms with Crippen LogP contribution < -0.4 is 5.11 Å². The molecule has 0 aliphatic carbocycles. The molecule has 4 nitrogen and oxygen atoms in total. The predicted molar refractivity (Wildman–Crippen MR) is 68.4 cm³/mol. The summed E-state index contributed by atoms with van der Waals surface area (Å²) in [6.07, 6.45) is 5.61. The van der Waals surface area contributed by atoms with E-state index in [1.807, 2.05) is 0 Å². The zero-order valence-corrected chi connectivity index (χ0v) is 11.9. The number of unbranched alkanes of at least 4 members (excludes halogenated alkanes) is 4. The highest BCUT2D eigenvalue weighted by atomic mass is 16.4. The molecule has 0 aliphatic rings. The maximum atomic E-state index is 9.92. The highest BCUT2D eigenvalue weighted by Gasteiger charge is 2.02. The van der Waals surface area contributed by atoms with Gasteiger partial charge in [-0.1, -0.05) is 32.6 Å². The number of quaternary nitrogens is 1. The molecule has 4 heteroatoms. The van der Waals surface area contributed by atoms with Gasteiger partial charge in [0.15, 0.2) is 0 Å². The minimum absolute atomic E-state index is 0.226. The van der Waals surface area contributed by atoms with Gasteiger partial charge in [0.05, 0.1) is 27.7 Å². The first-order valence-electron chi connectivity index (χ1n) is 6.44. The van der Waals surface area contributed by atoms with Gasteiger partial charge in [-0.25, -0.2) is 0 Å². The minimum atomic E-state index is -0.920. The second kappa shape index (κ2) is 11.9. The molecule has 104 valence electrons. The topological polar surface area (TPSA) is 60.4 Å². The number of aliphatic hydroxyl groups is 1. The standard InChI is InChI=1S/C8H16O2.C5H14NO/c1-2-3-4-5-6-7-8(9)10;1-6(2,3)4-5-7/h2-7H2,1H3,(H,9,10);7H,4-5H2,1-3H3/q;+1/p-1. The van der Waals surface area contributed by atoms with Crippen LogP contribution in [0, 0.1) is 0 Å². The number of rotatable bonds is 8. The number of carbonyl (C=O) groups is 1. The lowest BCUT2D eigenvalue weighted by atomic mass is 10.1. The quantitative estimate of drug-likeness (QED) is 0.509.